The van der Waals surface area contributed by atoms with Gasteiger partial charge >= 0.3 is 0 Å². The van der Waals surface area contributed by atoms with E-state index in [1.54, 1.807) is 29.2 Å². The molecular weight excluding hydrogens is 586 g/mol. The number of anilines is 4. The summed E-state index contributed by atoms with van der Waals surface area (Å²) in [5.41, 5.74) is 5.61. The highest BCUT2D eigenvalue weighted by Gasteiger charge is 2.39. The summed E-state index contributed by atoms with van der Waals surface area (Å²) in [6, 6.07) is 14.3. The molecule has 0 radical (unpaired) electrons. The maximum Gasteiger partial charge on any atom is 0.273 e. The van der Waals surface area contributed by atoms with Crippen molar-refractivity contribution in [3.63, 3.8) is 0 Å². The topological polar surface area (TPSA) is 174 Å². The molecule has 1 atom stereocenters. The number of rotatable bonds is 7. The van der Waals surface area contributed by atoms with Crippen LogP contribution in [0, 0.1) is 17.2 Å². The molecule has 14 heteroatoms. The molecule has 14 nitrogen and oxygen atoms in total. The van der Waals surface area contributed by atoms with Crippen LogP contribution in [0.5, 0.6) is 0 Å². The van der Waals surface area contributed by atoms with Gasteiger partial charge < -0.3 is 25.8 Å². The number of carbonyl (C=O) groups is 3. The van der Waals surface area contributed by atoms with Crippen molar-refractivity contribution in [1.82, 2.24) is 35.2 Å². The van der Waals surface area contributed by atoms with Crippen LogP contribution in [0.2, 0.25) is 0 Å². The number of aromatic nitrogens is 5. The van der Waals surface area contributed by atoms with Crippen molar-refractivity contribution in [2.45, 2.75) is 31.8 Å². The molecule has 1 saturated carbocycles. The summed E-state index contributed by atoms with van der Waals surface area (Å²) in [5.74, 6) is -0.467. The Labute approximate surface area is 264 Å². The predicted octanol–water partition coefficient (Wildman–Crippen LogP) is 3.27. The highest BCUT2D eigenvalue weighted by Crippen LogP contribution is 2.49. The molecule has 3 aromatic heterocycles. The summed E-state index contributed by atoms with van der Waals surface area (Å²) in [5, 5.41) is 30.9. The van der Waals surface area contributed by atoms with Gasteiger partial charge in [-0.25, -0.2) is 4.98 Å². The Kier molecular flexibility index (Phi) is 7.08. The number of hydrogen-bond acceptors (Lipinski definition) is 10. The molecule has 7 rings (SSSR count). The van der Waals surface area contributed by atoms with Gasteiger partial charge in [0.15, 0.2) is 11.5 Å². The molecule has 5 heterocycles. The van der Waals surface area contributed by atoms with Crippen molar-refractivity contribution in [3.05, 3.63) is 71.4 Å². The van der Waals surface area contributed by atoms with Gasteiger partial charge in [-0.2, -0.15) is 10.4 Å². The van der Waals surface area contributed by atoms with Gasteiger partial charge in [0.2, 0.25) is 5.91 Å². The number of benzene rings is 1. The number of nitrogens with zero attached hydrogens (tertiary/aromatic N) is 8. The molecule has 1 aliphatic carbocycles. The lowest BCUT2D eigenvalue weighted by atomic mass is 9.93. The van der Waals surface area contributed by atoms with Crippen molar-refractivity contribution >= 4 is 40.6 Å². The van der Waals surface area contributed by atoms with Gasteiger partial charge in [0.25, 0.3) is 11.8 Å². The monoisotopic (exact) mass is 617 g/mol. The zero-order valence-corrected chi connectivity index (χ0v) is 25.5. The van der Waals surface area contributed by atoms with Gasteiger partial charge in [-0.05, 0) is 38.0 Å². The number of nitrogens with one attached hydrogen (secondary N) is 3. The number of amides is 3. The van der Waals surface area contributed by atoms with E-state index in [1.165, 1.54) is 7.05 Å². The standard InChI is InChI=1S/C32H31N11O3/c1-17-28-22(14-35-43(28)20-15-42(16-20)32(46)24-9-4-6-19(13-33)36-24)21-7-5-8-23(29(21)41(17)3)37-25-12-26(38-30(44)18-10-11-18)39-40-27(25)31(45)34-2/h4-9,12,14,17-18,20H,10-11,15-16H2,1-3H3,(H,34,45)(H2,37,38,39,44). The number of hydrogen-bond donors (Lipinski definition) is 3. The Hall–Kier alpha value is -5.84. The van der Waals surface area contributed by atoms with Gasteiger partial charge in [-0.15, -0.1) is 10.2 Å². The van der Waals surface area contributed by atoms with E-state index < -0.39 is 5.91 Å². The largest absolute Gasteiger partial charge is 0.364 e. The highest BCUT2D eigenvalue weighted by molar-refractivity contribution is 6.01. The lowest BCUT2D eigenvalue weighted by Gasteiger charge is -2.42. The predicted molar refractivity (Wildman–Crippen MR) is 168 cm³/mol. The van der Waals surface area contributed by atoms with Gasteiger partial charge in [-0.3, -0.25) is 19.1 Å². The summed E-state index contributed by atoms with van der Waals surface area (Å²) in [6.07, 6.45) is 3.57. The number of para-hydroxylation sites is 1. The van der Waals surface area contributed by atoms with Gasteiger partial charge in [0, 0.05) is 50.3 Å². The average molecular weight is 618 g/mol. The van der Waals surface area contributed by atoms with Crippen LogP contribution in [-0.4, -0.2) is 74.8 Å². The van der Waals surface area contributed by atoms with E-state index >= 15 is 0 Å². The minimum atomic E-state index is -0.410. The maximum atomic E-state index is 13.0. The molecule has 232 valence electrons. The quantitative estimate of drug-likeness (QED) is 0.279. The third-order valence-corrected chi connectivity index (χ3v) is 8.77. The van der Waals surface area contributed by atoms with Crippen LogP contribution in [0.3, 0.4) is 0 Å². The lowest BCUT2D eigenvalue weighted by molar-refractivity contribution is -0.117. The van der Waals surface area contributed by atoms with E-state index in [-0.39, 0.29) is 52.7 Å². The SMILES string of the molecule is CNC(=O)c1nnc(NC(=O)C2CC2)cc1Nc1cccc2c1N(C)C(C)c1c-2cnn1C1CN(C(=O)c2cccc(C#N)n2)C1. The third kappa shape index (κ3) is 4.95. The Morgan fingerprint density at radius 2 is 1.80 bits per heavy atom. The fourth-order valence-electron chi connectivity index (χ4n) is 6.01. The summed E-state index contributed by atoms with van der Waals surface area (Å²) in [7, 11) is 3.53. The van der Waals surface area contributed by atoms with Gasteiger partial charge in [0.05, 0.1) is 41.0 Å². The summed E-state index contributed by atoms with van der Waals surface area (Å²) in [6.45, 7) is 3.06. The third-order valence-electron chi connectivity index (χ3n) is 8.77. The molecule has 1 saturated heterocycles. The molecule has 0 bridgehead atoms. The van der Waals surface area contributed by atoms with Crippen molar-refractivity contribution in [2.24, 2.45) is 5.92 Å². The number of nitriles is 1. The minimum Gasteiger partial charge on any atom is -0.364 e. The average Bonchev–Trinajstić information content (AvgIpc) is 3.82. The van der Waals surface area contributed by atoms with E-state index in [1.807, 2.05) is 42.2 Å². The fraction of sp³-hybridized carbons (Fsp3) is 0.312. The van der Waals surface area contributed by atoms with E-state index in [0.717, 1.165) is 41.0 Å². The first-order valence-corrected chi connectivity index (χ1v) is 15.0. The smallest absolute Gasteiger partial charge is 0.273 e. The molecule has 2 fully saturated rings. The molecular formula is C32H31N11O3. The molecule has 3 amide bonds. The van der Waals surface area contributed by atoms with Crippen molar-refractivity contribution < 1.29 is 14.4 Å². The molecule has 2 aliphatic heterocycles. The first-order chi connectivity index (χ1) is 22.3. The Bertz CT molecular complexity index is 1940. The minimum absolute atomic E-state index is 0.00663. The molecule has 1 aromatic carbocycles. The molecule has 46 heavy (non-hydrogen) atoms. The second-order valence-corrected chi connectivity index (χ2v) is 11.7. The molecule has 1 unspecified atom stereocenters. The zero-order valence-electron chi connectivity index (χ0n) is 25.5. The fourth-order valence-corrected chi connectivity index (χ4v) is 6.01. The Morgan fingerprint density at radius 3 is 2.54 bits per heavy atom. The molecule has 3 aliphatic rings. The molecule has 3 N–H and O–H groups in total. The van der Waals surface area contributed by atoms with Gasteiger partial charge in [-0.1, -0.05) is 18.2 Å². The summed E-state index contributed by atoms with van der Waals surface area (Å²) in [4.78, 5) is 46.1. The Balaban J connectivity index is 1.17. The second-order valence-electron chi connectivity index (χ2n) is 11.7. The highest BCUT2D eigenvalue weighted by atomic mass is 16.2. The number of likely N-dealkylation sites (tertiary alicyclic amines) is 1. The first kappa shape index (κ1) is 28.9. The van der Waals surface area contributed by atoms with E-state index in [2.05, 4.69) is 43.0 Å². The normalized spacial score (nSPS) is 16.9. The van der Waals surface area contributed by atoms with E-state index in [4.69, 9.17) is 10.4 Å². The van der Waals surface area contributed by atoms with Crippen LogP contribution < -0.4 is 20.9 Å². The number of carbonyl (C=O) groups excluding carboxylic acids is 3. The summed E-state index contributed by atoms with van der Waals surface area (Å²) < 4.78 is 2.01. The number of pyridine rings is 1. The van der Waals surface area contributed by atoms with Crippen LogP contribution in [-0.2, 0) is 4.79 Å². The van der Waals surface area contributed by atoms with Crippen LogP contribution in [0.25, 0.3) is 11.1 Å². The Morgan fingerprint density at radius 1 is 1.02 bits per heavy atom. The second kappa shape index (κ2) is 11.3. The van der Waals surface area contributed by atoms with Crippen molar-refractivity contribution in [3.8, 4) is 17.2 Å². The van der Waals surface area contributed by atoms with Crippen LogP contribution >= 0.6 is 0 Å². The molecule has 4 aromatic rings. The lowest BCUT2D eigenvalue weighted by Crippen LogP contribution is -2.51. The summed E-state index contributed by atoms with van der Waals surface area (Å²) >= 11 is 0. The number of fused-ring (bicyclic) bond motifs is 3. The van der Waals surface area contributed by atoms with Crippen LogP contribution in [0.15, 0.2) is 48.7 Å². The first-order valence-electron chi connectivity index (χ1n) is 15.0. The van der Waals surface area contributed by atoms with Crippen LogP contribution in [0.4, 0.5) is 22.9 Å². The van der Waals surface area contributed by atoms with E-state index in [0.29, 0.717) is 18.8 Å². The van der Waals surface area contributed by atoms with Gasteiger partial charge in [0.1, 0.15) is 17.5 Å². The zero-order chi connectivity index (χ0) is 32.1. The van der Waals surface area contributed by atoms with Crippen LogP contribution in [0.1, 0.15) is 64.2 Å². The maximum absolute atomic E-state index is 13.0. The molecule has 0 spiro atoms. The van der Waals surface area contributed by atoms with E-state index in [9.17, 15) is 14.4 Å². The van der Waals surface area contributed by atoms with Crippen molar-refractivity contribution in [1.29, 1.82) is 5.26 Å². The van der Waals surface area contributed by atoms with Crippen molar-refractivity contribution in [2.75, 3.05) is 42.7 Å².